The van der Waals surface area contributed by atoms with Gasteiger partial charge in [0.15, 0.2) is 11.5 Å². The van der Waals surface area contributed by atoms with Crippen LogP contribution in [0.5, 0.6) is 5.75 Å². The number of fused-ring (bicyclic) bond motifs is 1. The van der Waals surface area contributed by atoms with Crippen molar-refractivity contribution in [2.75, 3.05) is 5.32 Å². The molecule has 2 heterocycles. The average molecular weight is 424 g/mol. The summed E-state index contributed by atoms with van der Waals surface area (Å²) in [7, 11) is 0. The van der Waals surface area contributed by atoms with Crippen LogP contribution in [0.15, 0.2) is 93.6 Å². The van der Waals surface area contributed by atoms with Crippen LogP contribution in [-0.4, -0.2) is 17.2 Å². The van der Waals surface area contributed by atoms with Gasteiger partial charge in [0, 0.05) is 23.7 Å². The van der Waals surface area contributed by atoms with Gasteiger partial charge in [0.2, 0.25) is 0 Å². The van der Waals surface area contributed by atoms with Gasteiger partial charge in [-0.3, -0.25) is 4.79 Å². The number of anilines is 1. The molecule has 1 amide bonds. The molecule has 0 fully saturated rings. The standard InChI is InChI=1S/C25H20N4O3/c1-16-13-18-14-17(7-12-23(18)31-16)24-15-22(29-32-24)25(30)26-19-8-10-21(11-9-19)28-27-20-5-3-2-4-6-20/h2-12,14-16H,13H2,1H3,(H,26,30). The van der Waals surface area contributed by atoms with Crippen molar-refractivity contribution in [1.29, 1.82) is 0 Å². The highest BCUT2D eigenvalue weighted by Gasteiger charge is 2.21. The highest BCUT2D eigenvalue weighted by molar-refractivity contribution is 6.03. The topological polar surface area (TPSA) is 89.1 Å². The fraction of sp³-hybridized carbons (Fsp3) is 0.120. The van der Waals surface area contributed by atoms with Crippen molar-refractivity contribution in [3.8, 4) is 17.1 Å². The molecule has 0 radical (unpaired) electrons. The van der Waals surface area contributed by atoms with Crippen LogP contribution in [0.2, 0.25) is 0 Å². The van der Waals surface area contributed by atoms with Gasteiger partial charge < -0.3 is 14.6 Å². The van der Waals surface area contributed by atoms with Crippen molar-refractivity contribution in [2.45, 2.75) is 19.4 Å². The highest BCUT2D eigenvalue weighted by Crippen LogP contribution is 2.33. The number of nitrogens with one attached hydrogen (secondary N) is 1. The Bertz CT molecular complexity index is 1280. The largest absolute Gasteiger partial charge is 0.490 e. The summed E-state index contributed by atoms with van der Waals surface area (Å²) >= 11 is 0. The number of hydrogen-bond donors (Lipinski definition) is 1. The molecule has 0 spiro atoms. The lowest BCUT2D eigenvalue weighted by molar-refractivity contribution is 0.101. The van der Waals surface area contributed by atoms with Crippen LogP contribution >= 0.6 is 0 Å². The van der Waals surface area contributed by atoms with E-state index in [0.29, 0.717) is 17.1 Å². The number of nitrogens with zero attached hydrogens (tertiary/aromatic N) is 3. The number of hydrogen-bond acceptors (Lipinski definition) is 6. The third kappa shape index (κ3) is 4.27. The van der Waals surface area contributed by atoms with Crippen molar-refractivity contribution in [2.24, 2.45) is 10.2 Å². The number of carbonyl (C=O) groups is 1. The Hall–Kier alpha value is -4.26. The molecule has 4 aromatic rings. The number of ether oxygens (including phenoxy) is 1. The molecule has 1 atom stereocenters. The molecule has 1 unspecified atom stereocenters. The molecule has 1 aromatic heterocycles. The molecular formula is C25H20N4O3. The van der Waals surface area contributed by atoms with E-state index in [0.717, 1.165) is 29.0 Å². The normalized spacial score (nSPS) is 14.8. The monoisotopic (exact) mass is 424 g/mol. The molecule has 0 bridgehead atoms. The van der Waals surface area contributed by atoms with Crippen molar-refractivity contribution in [3.05, 3.63) is 90.1 Å². The Morgan fingerprint density at radius 3 is 2.50 bits per heavy atom. The van der Waals surface area contributed by atoms with Crippen LogP contribution in [0.3, 0.4) is 0 Å². The van der Waals surface area contributed by atoms with Gasteiger partial charge in [0.25, 0.3) is 5.91 Å². The van der Waals surface area contributed by atoms with Gasteiger partial charge in [-0.25, -0.2) is 0 Å². The third-order valence-electron chi connectivity index (χ3n) is 5.09. The second kappa shape index (κ2) is 8.47. The maximum atomic E-state index is 12.6. The van der Waals surface area contributed by atoms with E-state index < -0.39 is 0 Å². The van der Waals surface area contributed by atoms with E-state index >= 15 is 0 Å². The van der Waals surface area contributed by atoms with Gasteiger partial charge in [-0.05, 0) is 67.1 Å². The Balaban J connectivity index is 1.24. The molecule has 0 aliphatic carbocycles. The Labute approximate surface area is 184 Å². The van der Waals surface area contributed by atoms with Gasteiger partial charge in [-0.1, -0.05) is 23.4 Å². The first-order valence-corrected chi connectivity index (χ1v) is 10.3. The molecule has 7 heteroatoms. The molecule has 1 N–H and O–H groups in total. The smallest absolute Gasteiger partial charge is 0.277 e. The second-order valence-corrected chi connectivity index (χ2v) is 7.57. The molecule has 3 aromatic carbocycles. The van der Waals surface area contributed by atoms with E-state index in [4.69, 9.17) is 9.26 Å². The number of carbonyl (C=O) groups excluding carboxylic acids is 1. The first-order chi connectivity index (χ1) is 15.6. The molecule has 0 saturated heterocycles. The summed E-state index contributed by atoms with van der Waals surface area (Å²) in [5, 5.41) is 15.1. The number of azo groups is 1. The number of benzene rings is 3. The third-order valence-corrected chi connectivity index (χ3v) is 5.09. The quantitative estimate of drug-likeness (QED) is 0.379. The summed E-state index contributed by atoms with van der Waals surface area (Å²) in [6.07, 6.45) is 1.02. The van der Waals surface area contributed by atoms with Crippen LogP contribution in [0.4, 0.5) is 17.1 Å². The van der Waals surface area contributed by atoms with Gasteiger partial charge in [0.05, 0.1) is 11.4 Å². The van der Waals surface area contributed by atoms with E-state index in [1.807, 2.05) is 55.5 Å². The van der Waals surface area contributed by atoms with Crippen molar-refractivity contribution in [1.82, 2.24) is 5.16 Å². The first-order valence-electron chi connectivity index (χ1n) is 10.3. The summed E-state index contributed by atoms with van der Waals surface area (Å²) in [5.74, 6) is 1.08. The van der Waals surface area contributed by atoms with Crippen molar-refractivity contribution < 1.29 is 14.1 Å². The van der Waals surface area contributed by atoms with E-state index in [9.17, 15) is 4.79 Å². The summed E-state index contributed by atoms with van der Waals surface area (Å²) in [4.78, 5) is 12.6. The zero-order valence-electron chi connectivity index (χ0n) is 17.4. The minimum Gasteiger partial charge on any atom is -0.490 e. The highest BCUT2D eigenvalue weighted by atomic mass is 16.5. The zero-order chi connectivity index (χ0) is 21.9. The molecule has 1 aliphatic heterocycles. The average Bonchev–Trinajstić information content (AvgIpc) is 3.45. The van der Waals surface area contributed by atoms with E-state index in [1.165, 1.54) is 0 Å². The lowest BCUT2D eigenvalue weighted by Gasteiger charge is -2.02. The van der Waals surface area contributed by atoms with Gasteiger partial charge in [-0.15, -0.1) is 0 Å². The molecule has 1 aliphatic rings. The zero-order valence-corrected chi connectivity index (χ0v) is 17.4. The number of amides is 1. The maximum Gasteiger partial charge on any atom is 0.277 e. The SMILES string of the molecule is CC1Cc2cc(-c3cc(C(=O)Nc4ccc(N=Nc5ccccc5)cc4)no3)ccc2O1. The fourth-order valence-corrected chi connectivity index (χ4v) is 3.51. The van der Waals surface area contributed by atoms with Crippen LogP contribution in [0, 0.1) is 0 Å². The minimum atomic E-state index is -0.350. The summed E-state index contributed by atoms with van der Waals surface area (Å²) in [6.45, 7) is 2.04. The van der Waals surface area contributed by atoms with E-state index in [-0.39, 0.29) is 17.7 Å². The van der Waals surface area contributed by atoms with Gasteiger partial charge in [0.1, 0.15) is 11.9 Å². The van der Waals surface area contributed by atoms with Gasteiger partial charge in [-0.2, -0.15) is 10.2 Å². The Morgan fingerprint density at radius 1 is 0.969 bits per heavy atom. The van der Waals surface area contributed by atoms with E-state index in [2.05, 4.69) is 20.7 Å². The van der Waals surface area contributed by atoms with Crippen LogP contribution in [-0.2, 0) is 6.42 Å². The van der Waals surface area contributed by atoms with Crippen LogP contribution in [0.1, 0.15) is 23.0 Å². The molecule has 158 valence electrons. The number of aromatic nitrogens is 1. The summed E-state index contributed by atoms with van der Waals surface area (Å²) in [5.41, 5.74) is 4.28. The molecule has 0 saturated carbocycles. The number of rotatable bonds is 5. The Kier molecular flexibility index (Phi) is 5.21. The van der Waals surface area contributed by atoms with Crippen molar-refractivity contribution in [3.63, 3.8) is 0 Å². The lowest BCUT2D eigenvalue weighted by Crippen LogP contribution is -2.11. The van der Waals surface area contributed by atoms with Crippen molar-refractivity contribution >= 4 is 23.0 Å². The predicted octanol–water partition coefficient (Wildman–Crippen LogP) is 6.33. The first kappa shape index (κ1) is 19.7. The maximum absolute atomic E-state index is 12.6. The molecule has 5 rings (SSSR count). The molecular weight excluding hydrogens is 404 g/mol. The molecule has 32 heavy (non-hydrogen) atoms. The summed E-state index contributed by atoms with van der Waals surface area (Å²) in [6, 6.07) is 24.1. The van der Waals surface area contributed by atoms with Crippen LogP contribution in [0.25, 0.3) is 11.3 Å². The Morgan fingerprint density at radius 2 is 1.72 bits per heavy atom. The summed E-state index contributed by atoms with van der Waals surface area (Å²) < 4.78 is 11.1. The predicted molar refractivity (Wildman–Crippen MR) is 121 cm³/mol. The fourth-order valence-electron chi connectivity index (χ4n) is 3.51. The molecule has 7 nitrogen and oxygen atoms in total. The van der Waals surface area contributed by atoms with Crippen LogP contribution < -0.4 is 10.1 Å². The second-order valence-electron chi connectivity index (χ2n) is 7.57. The van der Waals surface area contributed by atoms with Gasteiger partial charge >= 0.3 is 0 Å². The minimum absolute atomic E-state index is 0.169. The van der Waals surface area contributed by atoms with E-state index in [1.54, 1.807) is 30.3 Å². The lowest BCUT2D eigenvalue weighted by atomic mass is 10.1.